The summed E-state index contributed by atoms with van der Waals surface area (Å²) in [6, 6.07) is 14.7. The average molecular weight is 358 g/mol. The molecule has 0 radical (unpaired) electrons. The first-order chi connectivity index (χ1) is 6.47. The SMILES string of the molecule is CO.CO.[Hf].c1ccc2[cH-]ccc2c1. The van der Waals surface area contributed by atoms with Crippen molar-refractivity contribution in [2.75, 3.05) is 14.2 Å². The molecule has 0 heterocycles. The fraction of sp³-hybridized carbons (Fsp3) is 0.182. The molecule has 2 aromatic rings. The van der Waals surface area contributed by atoms with Crippen molar-refractivity contribution in [2.24, 2.45) is 0 Å². The quantitative estimate of drug-likeness (QED) is 0.557. The third-order valence-electron chi connectivity index (χ3n) is 1.55. The predicted octanol–water partition coefficient (Wildman–Crippen LogP) is 1.77. The van der Waals surface area contributed by atoms with E-state index >= 15 is 0 Å². The Bertz CT molecular complexity index is 287. The number of hydrogen-bond acceptors (Lipinski definition) is 2. The van der Waals surface area contributed by atoms with E-state index in [2.05, 4.69) is 42.5 Å². The van der Waals surface area contributed by atoms with Crippen LogP contribution >= 0.6 is 0 Å². The van der Waals surface area contributed by atoms with Gasteiger partial charge in [0.15, 0.2) is 0 Å². The van der Waals surface area contributed by atoms with Crippen molar-refractivity contribution in [3.8, 4) is 0 Å². The van der Waals surface area contributed by atoms with Crippen molar-refractivity contribution in [2.45, 2.75) is 0 Å². The summed E-state index contributed by atoms with van der Waals surface area (Å²) >= 11 is 0. The molecule has 76 valence electrons. The zero-order valence-corrected chi connectivity index (χ0v) is 12.0. The Kier molecular flexibility index (Phi) is 12.3. The molecule has 0 saturated carbocycles. The van der Waals surface area contributed by atoms with Gasteiger partial charge in [0.1, 0.15) is 0 Å². The molecule has 0 aromatic heterocycles. The molecule has 3 heteroatoms. The van der Waals surface area contributed by atoms with Crippen LogP contribution in [0.25, 0.3) is 10.8 Å². The van der Waals surface area contributed by atoms with Crippen molar-refractivity contribution in [1.29, 1.82) is 0 Å². The zero-order chi connectivity index (χ0) is 10.1. The summed E-state index contributed by atoms with van der Waals surface area (Å²) in [6.07, 6.45) is 0. The number of hydrogen-bond donors (Lipinski definition) is 2. The molecule has 2 N–H and O–H groups in total. The van der Waals surface area contributed by atoms with Gasteiger partial charge in [-0.1, -0.05) is 6.07 Å². The van der Waals surface area contributed by atoms with E-state index in [9.17, 15) is 0 Å². The monoisotopic (exact) mass is 359 g/mol. The van der Waals surface area contributed by atoms with Crippen LogP contribution < -0.4 is 0 Å². The minimum atomic E-state index is 0. The molecule has 0 atom stereocenters. The van der Waals surface area contributed by atoms with Crippen LogP contribution in [-0.2, 0) is 25.8 Å². The molecule has 14 heavy (non-hydrogen) atoms. The Morgan fingerprint density at radius 2 is 1.50 bits per heavy atom. The Balaban J connectivity index is 0. The van der Waals surface area contributed by atoms with Crippen LogP contribution in [0.15, 0.2) is 42.5 Å². The molecular weight excluding hydrogens is 343 g/mol. The van der Waals surface area contributed by atoms with E-state index in [0.717, 1.165) is 14.2 Å². The minimum Gasteiger partial charge on any atom is -0.400 e. The fourth-order valence-electron chi connectivity index (χ4n) is 1.07. The average Bonchev–Trinajstić information content (AvgIpc) is 2.71. The topological polar surface area (TPSA) is 40.5 Å². The van der Waals surface area contributed by atoms with Crippen LogP contribution in [0.5, 0.6) is 0 Å². The molecule has 0 aliphatic carbocycles. The molecular formula is C11H15HfO2-. The van der Waals surface area contributed by atoms with Crippen LogP contribution in [0.3, 0.4) is 0 Å². The summed E-state index contributed by atoms with van der Waals surface area (Å²) in [7, 11) is 2.00. The van der Waals surface area contributed by atoms with Crippen molar-refractivity contribution in [1.82, 2.24) is 0 Å². The van der Waals surface area contributed by atoms with Gasteiger partial charge in [-0.3, -0.25) is 0 Å². The van der Waals surface area contributed by atoms with E-state index in [1.54, 1.807) is 0 Å². The Labute approximate surface area is 103 Å². The van der Waals surface area contributed by atoms with Gasteiger partial charge in [0, 0.05) is 40.1 Å². The Hall–Kier alpha value is -0.380. The van der Waals surface area contributed by atoms with Crippen molar-refractivity contribution >= 4 is 10.8 Å². The molecule has 0 spiro atoms. The van der Waals surface area contributed by atoms with Crippen molar-refractivity contribution < 1.29 is 36.1 Å². The molecule has 0 aliphatic rings. The summed E-state index contributed by atoms with van der Waals surface area (Å²) in [5, 5.41) is 16.7. The third kappa shape index (κ3) is 4.74. The van der Waals surface area contributed by atoms with Gasteiger partial charge in [0.25, 0.3) is 0 Å². The number of aliphatic hydroxyl groups excluding tert-OH is 2. The number of benzene rings is 1. The maximum Gasteiger partial charge on any atom is 0.0319 e. The molecule has 0 saturated heterocycles. The van der Waals surface area contributed by atoms with Crippen LogP contribution in [0.2, 0.25) is 0 Å². The van der Waals surface area contributed by atoms with E-state index in [1.807, 2.05) is 0 Å². The van der Waals surface area contributed by atoms with E-state index in [0.29, 0.717) is 0 Å². The molecule has 0 bridgehead atoms. The van der Waals surface area contributed by atoms with Gasteiger partial charge in [-0.05, 0) is 0 Å². The molecule has 0 unspecified atom stereocenters. The molecule has 2 rings (SSSR count). The van der Waals surface area contributed by atoms with Crippen LogP contribution in [0, 0.1) is 0 Å². The summed E-state index contributed by atoms with van der Waals surface area (Å²) < 4.78 is 0. The van der Waals surface area contributed by atoms with Crippen LogP contribution in [0.4, 0.5) is 0 Å². The fourth-order valence-corrected chi connectivity index (χ4v) is 1.07. The molecule has 0 fully saturated rings. The van der Waals surface area contributed by atoms with Gasteiger partial charge >= 0.3 is 0 Å². The molecule has 0 aliphatic heterocycles. The van der Waals surface area contributed by atoms with E-state index in [-0.39, 0.29) is 25.8 Å². The second-order valence-corrected chi connectivity index (χ2v) is 2.15. The second-order valence-electron chi connectivity index (χ2n) is 2.15. The van der Waals surface area contributed by atoms with Gasteiger partial charge < -0.3 is 10.2 Å². The van der Waals surface area contributed by atoms with Crippen molar-refractivity contribution in [3.05, 3.63) is 42.5 Å². The second kappa shape index (κ2) is 10.7. The van der Waals surface area contributed by atoms with Crippen LogP contribution in [0.1, 0.15) is 0 Å². The maximum absolute atomic E-state index is 7.00. The van der Waals surface area contributed by atoms with Gasteiger partial charge in [-0.25, -0.2) is 0 Å². The first kappa shape index (κ1) is 16.1. The maximum atomic E-state index is 7.00. The Morgan fingerprint density at radius 3 is 2.07 bits per heavy atom. The molecule has 2 nitrogen and oxygen atoms in total. The first-order valence-corrected chi connectivity index (χ1v) is 3.97. The first-order valence-electron chi connectivity index (χ1n) is 3.97. The summed E-state index contributed by atoms with van der Waals surface area (Å²) in [4.78, 5) is 0. The summed E-state index contributed by atoms with van der Waals surface area (Å²) in [5.41, 5.74) is 0. The number of aliphatic hydroxyl groups is 2. The smallest absolute Gasteiger partial charge is 0.0319 e. The Morgan fingerprint density at radius 1 is 0.929 bits per heavy atom. The van der Waals surface area contributed by atoms with Gasteiger partial charge in [-0.2, -0.15) is 17.5 Å². The van der Waals surface area contributed by atoms with Crippen LogP contribution in [-0.4, -0.2) is 24.4 Å². The van der Waals surface area contributed by atoms with E-state index < -0.39 is 0 Å². The number of rotatable bonds is 0. The van der Waals surface area contributed by atoms with Gasteiger partial charge in [-0.15, -0.1) is 29.7 Å². The largest absolute Gasteiger partial charge is 0.400 e. The zero-order valence-electron chi connectivity index (χ0n) is 8.44. The van der Waals surface area contributed by atoms with E-state index in [1.165, 1.54) is 10.8 Å². The summed E-state index contributed by atoms with van der Waals surface area (Å²) in [6.45, 7) is 0. The summed E-state index contributed by atoms with van der Waals surface area (Å²) in [5.74, 6) is 0. The minimum absolute atomic E-state index is 0. The normalized spacial score (nSPS) is 7.43. The third-order valence-corrected chi connectivity index (χ3v) is 1.55. The van der Waals surface area contributed by atoms with Crippen molar-refractivity contribution in [3.63, 3.8) is 0 Å². The molecule has 0 amide bonds. The van der Waals surface area contributed by atoms with E-state index in [4.69, 9.17) is 10.2 Å². The van der Waals surface area contributed by atoms with Gasteiger partial charge in [0.2, 0.25) is 0 Å². The molecule has 2 aromatic carbocycles. The number of fused-ring (bicyclic) bond motifs is 1. The van der Waals surface area contributed by atoms with Gasteiger partial charge in [0.05, 0.1) is 0 Å². The standard InChI is InChI=1S/C9H7.2CH4O.Hf/c1-2-5-9-7-3-6-8(9)4-1;2*1-2;/h1-7H;2*2H,1H3;/q-1;;;. The predicted molar refractivity (Wildman–Crippen MR) is 55.8 cm³/mol.